The zero-order valence-electron chi connectivity index (χ0n) is 11.8. The van der Waals surface area contributed by atoms with E-state index in [0.29, 0.717) is 28.4 Å². The van der Waals surface area contributed by atoms with Crippen LogP contribution in [-0.4, -0.2) is 43.4 Å². The second-order valence-electron chi connectivity index (χ2n) is 4.36. The molecule has 4 nitrogen and oxygen atoms in total. The molecule has 0 radical (unpaired) electrons. The van der Waals surface area contributed by atoms with E-state index in [4.69, 9.17) is 9.47 Å². The van der Waals surface area contributed by atoms with Crippen LogP contribution in [-0.2, 0) is 0 Å². The summed E-state index contributed by atoms with van der Waals surface area (Å²) in [4.78, 5) is 14.5. The average molecular weight is 330 g/mol. The number of nitrogens with zero attached hydrogens (tertiary/aromatic N) is 1. The second-order valence-corrected chi connectivity index (χ2v) is 5.93. The van der Waals surface area contributed by atoms with E-state index < -0.39 is 0 Å². The highest BCUT2D eigenvalue weighted by atomic mass is 79.9. The van der Waals surface area contributed by atoms with E-state index in [9.17, 15) is 4.79 Å². The molecular formula is C14H20BrNO3. The predicted octanol–water partition coefficient (Wildman–Crippen LogP) is 2.95. The Hall–Kier alpha value is -1.23. The summed E-state index contributed by atoms with van der Waals surface area (Å²) in [5.41, 5.74) is 0.520. The molecular weight excluding hydrogens is 310 g/mol. The zero-order valence-corrected chi connectivity index (χ0v) is 13.4. The topological polar surface area (TPSA) is 38.8 Å². The summed E-state index contributed by atoms with van der Waals surface area (Å²) < 4.78 is 10.4. The number of carbonyl (C=O) groups is 1. The van der Waals surface area contributed by atoms with Gasteiger partial charge in [-0.05, 0) is 24.6 Å². The van der Waals surface area contributed by atoms with E-state index in [1.807, 2.05) is 0 Å². The summed E-state index contributed by atoms with van der Waals surface area (Å²) in [6, 6.07) is 5.22. The number of rotatable bonds is 6. The van der Waals surface area contributed by atoms with Gasteiger partial charge in [-0.1, -0.05) is 22.9 Å². The fraction of sp³-hybridized carbons (Fsp3) is 0.500. The normalized spacial score (nSPS) is 11.8. The zero-order chi connectivity index (χ0) is 14.4. The SMILES string of the molecule is COc1ccc(OC)c(C(=O)N(C)CCC(C)Br)c1. The van der Waals surface area contributed by atoms with Crippen molar-refractivity contribution in [2.45, 2.75) is 18.2 Å². The molecule has 1 aromatic rings. The third kappa shape index (κ3) is 4.42. The number of ether oxygens (including phenoxy) is 2. The smallest absolute Gasteiger partial charge is 0.257 e. The highest BCUT2D eigenvalue weighted by Crippen LogP contribution is 2.25. The molecule has 1 atom stereocenters. The number of halogens is 1. The van der Waals surface area contributed by atoms with Crippen LogP contribution < -0.4 is 9.47 Å². The van der Waals surface area contributed by atoms with Crippen LogP contribution in [0.3, 0.4) is 0 Å². The summed E-state index contributed by atoms with van der Waals surface area (Å²) in [5.74, 6) is 1.14. The molecule has 0 saturated heterocycles. The fourth-order valence-corrected chi connectivity index (χ4v) is 1.86. The van der Waals surface area contributed by atoms with Crippen molar-refractivity contribution in [1.82, 2.24) is 4.90 Å². The van der Waals surface area contributed by atoms with E-state index in [1.54, 1.807) is 44.4 Å². The Balaban J connectivity index is 2.90. The lowest BCUT2D eigenvalue weighted by Gasteiger charge is -2.19. The Labute approximate surface area is 122 Å². The van der Waals surface area contributed by atoms with Gasteiger partial charge in [0, 0.05) is 18.4 Å². The number of carbonyl (C=O) groups excluding carboxylic acids is 1. The van der Waals surface area contributed by atoms with Crippen LogP contribution in [0.15, 0.2) is 18.2 Å². The Kier molecular flexibility index (Phi) is 6.15. The molecule has 5 heteroatoms. The number of benzene rings is 1. The first-order valence-electron chi connectivity index (χ1n) is 6.11. The maximum absolute atomic E-state index is 12.4. The number of methoxy groups -OCH3 is 2. The van der Waals surface area contributed by atoms with Crippen molar-refractivity contribution in [3.05, 3.63) is 23.8 Å². The van der Waals surface area contributed by atoms with Gasteiger partial charge >= 0.3 is 0 Å². The number of hydrogen-bond acceptors (Lipinski definition) is 3. The highest BCUT2D eigenvalue weighted by molar-refractivity contribution is 9.09. The van der Waals surface area contributed by atoms with Gasteiger partial charge in [-0.15, -0.1) is 0 Å². The van der Waals surface area contributed by atoms with Crippen molar-refractivity contribution in [2.24, 2.45) is 0 Å². The molecule has 0 fully saturated rings. The molecule has 1 amide bonds. The Morgan fingerprint density at radius 3 is 2.58 bits per heavy atom. The van der Waals surface area contributed by atoms with Crippen LogP contribution in [0.4, 0.5) is 0 Å². The number of amides is 1. The van der Waals surface area contributed by atoms with Crippen LogP contribution in [0.2, 0.25) is 0 Å². The Morgan fingerprint density at radius 2 is 2.05 bits per heavy atom. The molecule has 0 aliphatic heterocycles. The minimum absolute atomic E-state index is 0.0658. The first-order valence-corrected chi connectivity index (χ1v) is 7.02. The molecule has 1 aromatic carbocycles. The van der Waals surface area contributed by atoms with Gasteiger partial charge in [0.1, 0.15) is 11.5 Å². The Morgan fingerprint density at radius 1 is 1.37 bits per heavy atom. The van der Waals surface area contributed by atoms with Crippen LogP contribution in [0.5, 0.6) is 11.5 Å². The van der Waals surface area contributed by atoms with Gasteiger partial charge in [-0.3, -0.25) is 4.79 Å². The largest absolute Gasteiger partial charge is 0.497 e. The summed E-state index contributed by atoms with van der Waals surface area (Å²) >= 11 is 3.48. The summed E-state index contributed by atoms with van der Waals surface area (Å²) in [7, 11) is 4.92. The lowest BCUT2D eigenvalue weighted by atomic mass is 10.1. The molecule has 1 unspecified atom stereocenters. The van der Waals surface area contributed by atoms with Crippen molar-refractivity contribution in [2.75, 3.05) is 27.8 Å². The minimum Gasteiger partial charge on any atom is -0.497 e. The van der Waals surface area contributed by atoms with E-state index in [2.05, 4.69) is 22.9 Å². The molecule has 0 spiro atoms. The van der Waals surface area contributed by atoms with Gasteiger partial charge in [0.2, 0.25) is 0 Å². The standard InChI is InChI=1S/C14H20BrNO3/c1-10(15)7-8-16(2)14(17)12-9-11(18-3)5-6-13(12)19-4/h5-6,9-10H,7-8H2,1-4H3. The molecule has 0 bridgehead atoms. The van der Waals surface area contributed by atoms with Crippen LogP contribution in [0.25, 0.3) is 0 Å². The van der Waals surface area contributed by atoms with Crippen molar-refractivity contribution in [3.8, 4) is 11.5 Å². The van der Waals surface area contributed by atoms with Gasteiger partial charge in [-0.25, -0.2) is 0 Å². The molecule has 0 N–H and O–H groups in total. The summed E-state index contributed by atoms with van der Waals surface area (Å²) in [6.45, 7) is 2.75. The van der Waals surface area contributed by atoms with Gasteiger partial charge < -0.3 is 14.4 Å². The molecule has 0 aromatic heterocycles. The molecule has 0 aliphatic carbocycles. The summed E-state index contributed by atoms with van der Waals surface area (Å²) in [6.07, 6.45) is 0.897. The monoisotopic (exact) mass is 329 g/mol. The van der Waals surface area contributed by atoms with E-state index in [-0.39, 0.29) is 5.91 Å². The third-order valence-electron chi connectivity index (χ3n) is 2.85. The van der Waals surface area contributed by atoms with Crippen LogP contribution >= 0.6 is 15.9 Å². The fourth-order valence-electron chi connectivity index (χ4n) is 1.66. The quantitative estimate of drug-likeness (QED) is 0.753. The third-order valence-corrected chi connectivity index (χ3v) is 3.30. The first-order chi connectivity index (χ1) is 8.99. The van der Waals surface area contributed by atoms with Crippen molar-refractivity contribution in [1.29, 1.82) is 0 Å². The second kappa shape index (κ2) is 7.38. The first kappa shape index (κ1) is 15.8. The van der Waals surface area contributed by atoms with Crippen LogP contribution in [0, 0.1) is 0 Å². The van der Waals surface area contributed by atoms with Gasteiger partial charge in [0.15, 0.2) is 0 Å². The van der Waals surface area contributed by atoms with E-state index in [1.165, 1.54) is 0 Å². The molecule has 0 saturated carbocycles. The summed E-state index contributed by atoms with van der Waals surface area (Å²) in [5, 5.41) is 0. The molecule has 1 rings (SSSR count). The maximum Gasteiger partial charge on any atom is 0.257 e. The maximum atomic E-state index is 12.4. The van der Waals surface area contributed by atoms with Crippen LogP contribution in [0.1, 0.15) is 23.7 Å². The molecule has 0 heterocycles. The predicted molar refractivity (Wildman–Crippen MR) is 79.5 cm³/mol. The van der Waals surface area contributed by atoms with Crippen molar-refractivity contribution < 1.29 is 14.3 Å². The molecule has 106 valence electrons. The van der Waals surface area contributed by atoms with E-state index in [0.717, 1.165) is 6.42 Å². The lowest BCUT2D eigenvalue weighted by molar-refractivity contribution is 0.0790. The van der Waals surface area contributed by atoms with Gasteiger partial charge in [-0.2, -0.15) is 0 Å². The molecule has 0 aliphatic rings. The van der Waals surface area contributed by atoms with Crippen molar-refractivity contribution in [3.63, 3.8) is 0 Å². The van der Waals surface area contributed by atoms with Gasteiger partial charge in [0.25, 0.3) is 5.91 Å². The van der Waals surface area contributed by atoms with Crippen molar-refractivity contribution >= 4 is 21.8 Å². The highest BCUT2D eigenvalue weighted by Gasteiger charge is 2.17. The molecule has 19 heavy (non-hydrogen) atoms. The minimum atomic E-state index is -0.0658. The van der Waals surface area contributed by atoms with E-state index >= 15 is 0 Å². The Bertz CT molecular complexity index is 435. The van der Waals surface area contributed by atoms with Gasteiger partial charge in [0.05, 0.1) is 19.8 Å². The lowest BCUT2D eigenvalue weighted by Crippen LogP contribution is -2.29. The number of hydrogen-bond donors (Lipinski definition) is 0. The number of alkyl halides is 1. The average Bonchev–Trinajstić information content (AvgIpc) is 2.42.